The molecule has 0 unspecified atom stereocenters. The van der Waals surface area contributed by atoms with Crippen LogP contribution in [0.25, 0.3) is 0 Å². The first-order chi connectivity index (χ1) is 9.65. The Balaban J connectivity index is 2.14. The summed E-state index contributed by atoms with van der Waals surface area (Å²) in [7, 11) is 0. The fourth-order valence-electron chi connectivity index (χ4n) is 2.56. The highest BCUT2D eigenvalue weighted by molar-refractivity contribution is 5.68. The molecule has 2 rings (SSSR count). The summed E-state index contributed by atoms with van der Waals surface area (Å²) >= 11 is 0. The van der Waals surface area contributed by atoms with Crippen LogP contribution in [0, 0.1) is 21.4 Å². The van der Waals surface area contributed by atoms with Crippen LogP contribution in [0.4, 0.5) is 11.4 Å². The maximum absolute atomic E-state index is 11.1. The number of rotatable bonds is 4. The summed E-state index contributed by atoms with van der Waals surface area (Å²) in [6.45, 7) is 5.17. The molecule has 1 aliphatic heterocycles. The van der Waals surface area contributed by atoms with Crippen LogP contribution in [0.3, 0.4) is 0 Å². The van der Waals surface area contributed by atoms with Gasteiger partial charge in [-0.3, -0.25) is 10.1 Å². The molecule has 1 aliphatic rings. The van der Waals surface area contributed by atoms with Gasteiger partial charge in [-0.05, 0) is 31.5 Å². The lowest BCUT2D eigenvalue weighted by atomic mass is 10.0. The zero-order chi connectivity index (χ0) is 14.5. The third-order valence-corrected chi connectivity index (χ3v) is 3.73. The predicted molar refractivity (Wildman–Crippen MR) is 76.6 cm³/mol. The Bertz CT molecular complexity index is 530. The number of para-hydroxylation sites is 1. The van der Waals surface area contributed by atoms with E-state index in [4.69, 9.17) is 5.26 Å². The maximum atomic E-state index is 11.1. The van der Waals surface area contributed by atoms with E-state index in [9.17, 15) is 10.1 Å². The molecule has 1 aromatic rings. The van der Waals surface area contributed by atoms with Gasteiger partial charge in [0.1, 0.15) is 17.3 Å². The molecule has 0 amide bonds. The molecule has 0 spiro atoms. The zero-order valence-corrected chi connectivity index (χ0v) is 11.5. The van der Waals surface area contributed by atoms with Crippen molar-refractivity contribution in [2.75, 3.05) is 25.0 Å². The topological polar surface area (TPSA) is 82.2 Å². The predicted octanol–water partition coefficient (Wildman–Crippen LogP) is 2.36. The average Bonchev–Trinajstić information content (AvgIpc) is 2.47. The van der Waals surface area contributed by atoms with E-state index in [0.717, 1.165) is 32.5 Å². The van der Waals surface area contributed by atoms with Gasteiger partial charge in [0.25, 0.3) is 0 Å². The third kappa shape index (κ3) is 3.06. The van der Waals surface area contributed by atoms with Crippen molar-refractivity contribution < 1.29 is 4.92 Å². The number of hydrogen-bond acceptors (Lipinski definition) is 5. The van der Waals surface area contributed by atoms with Crippen molar-refractivity contribution in [3.8, 4) is 6.07 Å². The van der Waals surface area contributed by atoms with E-state index >= 15 is 0 Å². The number of nitrogens with zero attached hydrogens (tertiary/aromatic N) is 3. The Morgan fingerprint density at radius 2 is 2.20 bits per heavy atom. The lowest BCUT2D eigenvalue weighted by molar-refractivity contribution is -0.384. The lowest BCUT2D eigenvalue weighted by Crippen LogP contribution is -2.38. The number of nitriles is 1. The highest BCUT2D eigenvalue weighted by Crippen LogP contribution is 2.29. The number of likely N-dealkylation sites (tertiary alicyclic amines) is 1. The van der Waals surface area contributed by atoms with E-state index in [1.807, 2.05) is 6.07 Å². The van der Waals surface area contributed by atoms with Crippen molar-refractivity contribution in [3.63, 3.8) is 0 Å². The SMILES string of the molecule is CCN1CCC(Nc2cccc(C#N)c2[N+](=O)[O-])CC1. The summed E-state index contributed by atoms with van der Waals surface area (Å²) < 4.78 is 0. The van der Waals surface area contributed by atoms with E-state index in [1.54, 1.807) is 12.1 Å². The third-order valence-electron chi connectivity index (χ3n) is 3.73. The van der Waals surface area contributed by atoms with Crippen LogP contribution in [0.1, 0.15) is 25.3 Å². The van der Waals surface area contributed by atoms with Crippen LogP contribution >= 0.6 is 0 Å². The van der Waals surface area contributed by atoms with Crippen LogP contribution in [-0.4, -0.2) is 35.5 Å². The van der Waals surface area contributed by atoms with Gasteiger partial charge in [-0.25, -0.2) is 0 Å². The van der Waals surface area contributed by atoms with Gasteiger partial charge in [0.05, 0.1) is 4.92 Å². The van der Waals surface area contributed by atoms with Gasteiger partial charge in [-0.2, -0.15) is 5.26 Å². The molecule has 1 aromatic carbocycles. The van der Waals surface area contributed by atoms with Gasteiger partial charge in [0.2, 0.25) is 0 Å². The standard InChI is InChI=1S/C14H18N4O2/c1-2-17-8-6-12(7-9-17)16-13-5-3-4-11(10-15)14(13)18(19)20/h3-5,12,16H,2,6-9H2,1H3. The summed E-state index contributed by atoms with van der Waals surface area (Å²) in [6, 6.07) is 6.93. The molecule has 0 saturated carbocycles. The highest BCUT2D eigenvalue weighted by Gasteiger charge is 2.23. The van der Waals surface area contributed by atoms with Crippen LogP contribution in [0.5, 0.6) is 0 Å². The fourth-order valence-corrected chi connectivity index (χ4v) is 2.56. The van der Waals surface area contributed by atoms with Gasteiger partial charge in [-0.1, -0.05) is 13.0 Å². The Labute approximate surface area is 118 Å². The second-order valence-electron chi connectivity index (χ2n) is 4.92. The summed E-state index contributed by atoms with van der Waals surface area (Å²) in [5.41, 5.74) is 0.433. The van der Waals surface area contributed by atoms with E-state index in [1.165, 1.54) is 6.07 Å². The molecule has 1 fully saturated rings. The Morgan fingerprint density at radius 1 is 1.50 bits per heavy atom. The molecule has 106 valence electrons. The molecule has 6 heteroatoms. The fraction of sp³-hybridized carbons (Fsp3) is 0.500. The number of benzene rings is 1. The number of nitro benzene ring substituents is 1. The first-order valence-electron chi connectivity index (χ1n) is 6.82. The van der Waals surface area contributed by atoms with Crippen molar-refractivity contribution in [2.24, 2.45) is 0 Å². The molecule has 1 N–H and O–H groups in total. The smallest absolute Gasteiger partial charge is 0.309 e. The molecule has 0 atom stereocenters. The molecule has 1 saturated heterocycles. The van der Waals surface area contributed by atoms with Crippen molar-refractivity contribution >= 4 is 11.4 Å². The molecular formula is C14H18N4O2. The molecule has 0 aromatic heterocycles. The summed E-state index contributed by atoms with van der Waals surface area (Å²) in [4.78, 5) is 13.0. The second kappa shape index (κ2) is 6.35. The monoisotopic (exact) mass is 274 g/mol. The zero-order valence-electron chi connectivity index (χ0n) is 11.5. The second-order valence-corrected chi connectivity index (χ2v) is 4.92. The quantitative estimate of drug-likeness (QED) is 0.673. The van der Waals surface area contributed by atoms with E-state index < -0.39 is 4.92 Å². The van der Waals surface area contributed by atoms with Gasteiger partial charge >= 0.3 is 5.69 Å². The molecule has 6 nitrogen and oxygen atoms in total. The van der Waals surface area contributed by atoms with Crippen molar-refractivity contribution in [1.82, 2.24) is 4.90 Å². The van der Waals surface area contributed by atoms with Gasteiger partial charge in [0.15, 0.2) is 0 Å². The minimum atomic E-state index is -0.484. The summed E-state index contributed by atoms with van der Waals surface area (Å²) in [5, 5.41) is 23.4. The van der Waals surface area contributed by atoms with Gasteiger partial charge in [-0.15, -0.1) is 0 Å². The normalized spacial score (nSPS) is 16.6. The highest BCUT2D eigenvalue weighted by atomic mass is 16.6. The molecule has 20 heavy (non-hydrogen) atoms. The summed E-state index contributed by atoms with van der Waals surface area (Å²) in [5.74, 6) is 0. The minimum absolute atomic E-state index is 0.103. The van der Waals surface area contributed by atoms with Crippen LogP contribution < -0.4 is 5.32 Å². The first-order valence-corrected chi connectivity index (χ1v) is 6.82. The molecule has 0 bridgehead atoms. The Hall–Kier alpha value is -2.13. The number of nitrogens with one attached hydrogen (secondary N) is 1. The largest absolute Gasteiger partial charge is 0.377 e. The van der Waals surface area contributed by atoms with Gasteiger partial charge in [0, 0.05) is 19.1 Å². The van der Waals surface area contributed by atoms with Crippen molar-refractivity contribution in [1.29, 1.82) is 5.26 Å². The van der Waals surface area contributed by atoms with E-state index in [-0.39, 0.29) is 17.3 Å². The molecule has 0 radical (unpaired) electrons. The number of anilines is 1. The number of nitro groups is 1. The van der Waals surface area contributed by atoms with Crippen molar-refractivity contribution in [2.45, 2.75) is 25.8 Å². The first kappa shape index (κ1) is 14.3. The van der Waals surface area contributed by atoms with Gasteiger partial charge < -0.3 is 10.2 Å². The number of hydrogen-bond donors (Lipinski definition) is 1. The maximum Gasteiger partial charge on any atom is 0.309 e. The average molecular weight is 274 g/mol. The minimum Gasteiger partial charge on any atom is -0.377 e. The molecular weight excluding hydrogens is 256 g/mol. The van der Waals surface area contributed by atoms with Crippen LogP contribution in [0.2, 0.25) is 0 Å². The molecule has 0 aliphatic carbocycles. The van der Waals surface area contributed by atoms with E-state index in [2.05, 4.69) is 17.1 Å². The molecule has 1 heterocycles. The van der Waals surface area contributed by atoms with Crippen LogP contribution in [0.15, 0.2) is 18.2 Å². The number of piperidine rings is 1. The summed E-state index contributed by atoms with van der Waals surface area (Å²) in [6.07, 6.45) is 1.92. The van der Waals surface area contributed by atoms with Crippen molar-refractivity contribution in [3.05, 3.63) is 33.9 Å². The Morgan fingerprint density at radius 3 is 2.75 bits per heavy atom. The lowest BCUT2D eigenvalue weighted by Gasteiger charge is -2.31. The Kier molecular flexibility index (Phi) is 4.53. The van der Waals surface area contributed by atoms with E-state index in [0.29, 0.717) is 5.69 Å². The van der Waals surface area contributed by atoms with Crippen LogP contribution in [-0.2, 0) is 0 Å².